The number of nitrogens with one attached hydrogen (secondary N) is 1. The standard InChI is InChI=1S/C18H22BrN/c1-3-12-20-18(16-10-6-7-11-17(16)19)13-15-9-5-4-8-14(15)2/h4-11,18,20H,3,12-13H2,1-2H3. The van der Waals surface area contributed by atoms with Gasteiger partial charge < -0.3 is 5.32 Å². The van der Waals surface area contributed by atoms with E-state index in [2.05, 4.69) is 83.6 Å². The van der Waals surface area contributed by atoms with Crippen molar-refractivity contribution in [3.05, 3.63) is 69.7 Å². The molecule has 0 aromatic heterocycles. The van der Waals surface area contributed by atoms with E-state index in [1.165, 1.54) is 21.2 Å². The SMILES string of the molecule is CCCNC(Cc1ccccc1C)c1ccccc1Br. The number of rotatable bonds is 6. The molecule has 0 heterocycles. The highest BCUT2D eigenvalue weighted by Gasteiger charge is 2.14. The van der Waals surface area contributed by atoms with Gasteiger partial charge in [-0.3, -0.25) is 0 Å². The molecule has 0 aliphatic heterocycles. The summed E-state index contributed by atoms with van der Waals surface area (Å²) < 4.78 is 1.18. The summed E-state index contributed by atoms with van der Waals surface area (Å²) in [5.74, 6) is 0. The monoisotopic (exact) mass is 331 g/mol. The zero-order valence-corrected chi connectivity index (χ0v) is 13.8. The minimum atomic E-state index is 0.353. The molecule has 1 unspecified atom stereocenters. The lowest BCUT2D eigenvalue weighted by molar-refractivity contribution is 0.527. The Bertz CT molecular complexity index is 551. The molecular weight excluding hydrogens is 310 g/mol. The van der Waals surface area contributed by atoms with Crippen molar-refractivity contribution in [2.75, 3.05) is 6.54 Å². The molecule has 1 nitrogen and oxygen atoms in total. The third-order valence-corrected chi connectivity index (χ3v) is 4.33. The lowest BCUT2D eigenvalue weighted by atomic mass is 9.96. The van der Waals surface area contributed by atoms with Crippen molar-refractivity contribution < 1.29 is 0 Å². The Balaban J connectivity index is 2.24. The highest BCUT2D eigenvalue weighted by atomic mass is 79.9. The van der Waals surface area contributed by atoms with E-state index in [9.17, 15) is 0 Å². The molecule has 2 heteroatoms. The van der Waals surface area contributed by atoms with E-state index in [4.69, 9.17) is 0 Å². The largest absolute Gasteiger partial charge is 0.310 e. The van der Waals surface area contributed by atoms with Crippen LogP contribution in [-0.4, -0.2) is 6.54 Å². The fourth-order valence-corrected chi connectivity index (χ4v) is 2.99. The molecule has 0 bridgehead atoms. The highest BCUT2D eigenvalue weighted by molar-refractivity contribution is 9.10. The lowest BCUT2D eigenvalue weighted by Crippen LogP contribution is -2.24. The molecule has 0 radical (unpaired) electrons. The Kier molecular flexibility index (Phi) is 5.81. The van der Waals surface area contributed by atoms with Crippen LogP contribution >= 0.6 is 15.9 Å². The summed E-state index contributed by atoms with van der Waals surface area (Å²) in [5, 5.41) is 3.67. The predicted molar refractivity (Wildman–Crippen MR) is 90.1 cm³/mol. The van der Waals surface area contributed by atoms with Gasteiger partial charge in [0.05, 0.1) is 0 Å². The van der Waals surface area contributed by atoms with Gasteiger partial charge >= 0.3 is 0 Å². The molecule has 1 N–H and O–H groups in total. The van der Waals surface area contributed by atoms with Crippen molar-refractivity contribution in [3.8, 4) is 0 Å². The summed E-state index contributed by atoms with van der Waals surface area (Å²) in [5.41, 5.74) is 4.11. The number of aryl methyl sites for hydroxylation is 1. The van der Waals surface area contributed by atoms with Crippen LogP contribution in [0.25, 0.3) is 0 Å². The first-order chi connectivity index (χ1) is 9.72. The van der Waals surface area contributed by atoms with Gasteiger partial charge in [-0.05, 0) is 49.1 Å². The minimum Gasteiger partial charge on any atom is -0.310 e. The average molecular weight is 332 g/mol. The van der Waals surface area contributed by atoms with Crippen LogP contribution in [0.3, 0.4) is 0 Å². The molecule has 0 saturated carbocycles. The number of hydrogen-bond acceptors (Lipinski definition) is 1. The highest BCUT2D eigenvalue weighted by Crippen LogP contribution is 2.26. The molecule has 2 aromatic carbocycles. The third-order valence-electron chi connectivity index (χ3n) is 3.61. The second kappa shape index (κ2) is 7.61. The van der Waals surface area contributed by atoms with Crippen LogP contribution in [0, 0.1) is 6.92 Å². The number of halogens is 1. The zero-order chi connectivity index (χ0) is 14.4. The molecule has 1 atom stereocenters. The Hall–Kier alpha value is -1.12. The summed E-state index contributed by atoms with van der Waals surface area (Å²) >= 11 is 3.68. The number of benzene rings is 2. The average Bonchev–Trinajstić information content (AvgIpc) is 2.46. The van der Waals surface area contributed by atoms with Crippen molar-refractivity contribution >= 4 is 15.9 Å². The predicted octanol–water partition coefficient (Wildman–Crippen LogP) is 5.04. The van der Waals surface area contributed by atoms with E-state index in [-0.39, 0.29) is 0 Å². The second-order valence-corrected chi connectivity index (χ2v) is 6.01. The maximum atomic E-state index is 3.68. The first kappa shape index (κ1) is 15.3. The summed E-state index contributed by atoms with van der Waals surface area (Å²) in [6.45, 7) is 5.43. The Morgan fingerprint density at radius 2 is 1.75 bits per heavy atom. The van der Waals surface area contributed by atoms with Crippen LogP contribution < -0.4 is 5.32 Å². The molecular formula is C18H22BrN. The van der Waals surface area contributed by atoms with Crippen LogP contribution in [0.15, 0.2) is 53.0 Å². The Morgan fingerprint density at radius 1 is 1.05 bits per heavy atom. The van der Waals surface area contributed by atoms with Crippen LogP contribution in [-0.2, 0) is 6.42 Å². The van der Waals surface area contributed by atoms with Gasteiger partial charge in [-0.15, -0.1) is 0 Å². The van der Waals surface area contributed by atoms with Gasteiger partial charge in [0.25, 0.3) is 0 Å². The summed E-state index contributed by atoms with van der Waals surface area (Å²) in [6.07, 6.45) is 2.17. The molecule has 0 fully saturated rings. The molecule has 2 aromatic rings. The van der Waals surface area contributed by atoms with Gasteiger partial charge in [0, 0.05) is 10.5 Å². The fourth-order valence-electron chi connectivity index (χ4n) is 2.43. The van der Waals surface area contributed by atoms with Gasteiger partial charge in [0.15, 0.2) is 0 Å². The summed E-state index contributed by atoms with van der Waals surface area (Å²) in [6, 6.07) is 17.5. The first-order valence-electron chi connectivity index (χ1n) is 7.24. The van der Waals surface area contributed by atoms with E-state index >= 15 is 0 Å². The minimum absolute atomic E-state index is 0.353. The molecule has 0 aliphatic carbocycles. The van der Waals surface area contributed by atoms with Gasteiger partial charge in [0.2, 0.25) is 0 Å². The lowest BCUT2D eigenvalue weighted by Gasteiger charge is -2.21. The third kappa shape index (κ3) is 3.94. The zero-order valence-electron chi connectivity index (χ0n) is 12.2. The molecule has 0 amide bonds. The van der Waals surface area contributed by atoms with Crippen molar-refractivity contribution in [2.45, 2.75) is 32.7 Å². The summed E-state index contributed by atoms with van der Waals surface area (Å²) in [4.78, 5) is 0. The van der Waals surface area contributed by atoms with E-state index in [1.807, 2.05) is 0 Å². The van der Waals surface area contributed by atoms with Crippen molar-refractivity contribution in [3.63, 3.8) is 0 Å². The van der Waals surface area contributed by atoms with Crippen molar-refractivity contribution in [2.24, 2.45) is 0 Å². The normalized spacial score (nSPS) is 12.3. The maximum Gasteiger partial charge on any atom is 0.0372 e. The molecule has 0 saturated heterocycles. The van der Waals surface area contributed by atoms with Crippen molar-refractivity contribution in [1.29, 1.82) is 0 Å². The van der Waals surface area contributed by atoms with Gasteiger partial charge in [-0.2, -0.15) is 0 Å². The van der Waals surface area contributed by atoms with Crippen LogP contribution in [0.4, 0.5) is 0 Å². The second-order valence-electron chi connectivity index (χ2n) is 5.16. The first-order valence-corrected chi connectivity index (χ1v) is 8.04. The van der Waals surface area contributed by atoms with Gasteiger partial charge in [-0.1, -0.05) is 65.3 Å². The molecule has 0 spiro atoms. The Morgan fingerprint density at radius 3 is 2.45 bits per heavy atom. The topological polar surface area (TPSA) is 12.0 Å². The molecule has 106 valence electrons. The summed E-state index contributed by atoms with van der Waals surface area (Å²) in [7, 11) is 0. The molecule has 20 heavy (non-hydrogen) atoms. The Labute approximate surface area is 130 Å². The van der Waals surface area contributed by atoms with Gasteiger partial charge in [0.1, 0.15) is 0 Å². The molecule has 2 rings (SSSR count). The van der Waals surface area contributed by atoms with E-state index in [0.717, 1.165) is 19.4 Å². The maximum absolute atomic E-state index is 3.68. The van der Waals surface area contributed by atoms with Crippen LogP contribution in [0.1, 0.15) is 36.1 Å². The van der Waals surface area contributed by atoms with Crippen LogP contribution in [0.5, 0.6) is 0 Å². The van der Waals surface area contributed by atoms with E-state index in [1.54, 1.807) is 0 Å². The van der Waals surface area contributed by atoms with Crippen molar-refractivity contribution in [1.82, 2.24) is 5.32 Å². The van der Waals surface area contributed by atoms with E-state index in [0.29, 0.717) is 6.04 Å². The number of hydrogen-bond donors (Lipinski definition) is 1. The smallest absolute Gasteiger partial charge is 0.0372 e. The molecule has 0 aliphatic rings. The quantitative estimate of drug-likeness (QED) is 0.781. The van der Waals surface area contributed by atoms with Crippen LogP contribution in [0.2, 0.25) is 0 Å². The van der Waals surface area contributed by atoms with Gasteiger partial charge in [-0.25, -0.2) is 0 Å². The fraction of sp³-hybridized carbons (Fsp3) is 0.333. The van der Waals surface area contributed by atoms with E-state index < -0.39 is 0 Å².